The minimum Gasteiger partial charge on any atom is -0.489 e. The highest BCUT2D eigenvalue weighted by Gasteiger charge is 2.49. The quantitative estimate of drug-likeness (QED) is 0.647. The lowest BCUT2D eigenvalue weighted by atomic mass is 9.85. The molecule has 4 atom stereocenters. The topological polar surface area (TPSA) is 55.8 Å². The lowest BCUT2D eigenvalue weighted by Gasteiger charge is -2.19. The number of methoxy groups -OCH3 is 1. The Labute approximate surface area is 137 Å². The smallest absolute Gasteiger partial charge is 0.305 e. The maximum absolute atomic E-state index is 11.3. The minimum atomic E-state index is -0.320. The highest BCUT2D eigenvalue weighted by Crippen LogP contribution is 2.52. The molecule has 4 heteroatoms. The molecule has 1 fully saturated rings. The number of aryl methyl sites for hydroxylation is 1. The molecule has 0 amide bonds. The van der Waals surface area contributed by atoms with Gasteiger partial charge in [0.1, 0.15) is 11.9 Å². The molecule has 0 spiro atoms. The molecule has 0 radical (unpaired) electrons. The summed E-state index contributed by atoms with van der Waals surface area (Å²) in [5, 5.41) is 10.3. The number of carbonyl (C=O) groups is 1. The molecule has 23 heavy (non-hydrogen) atoms. The van der Waals surface area contributed by atoms with Crippen LogP contribution in [0.3, 0.4) is 0 Å². The van der Waals surface area contributed by atoms with Crippen LogP contribution in [-0.2, 0) is 16.0 Å². The van der Waals surface area contributed by atoms with E-state index in [1.54, 1.807) is 0 Å². The summed E-state index contributed by atoms with van der Waals surface area (Å²) in [6, 6.07) is 6.22. The van der Waals surface area contributed by atoms with Crippen LogP contribution in [0.25, 0.3) is 0 Å². The van der Waals surface area contributed by atoms with Crippen LogP contribution in [0.5, 0.6) is 5.75 Å². The number of ether oxygens (including phenoxy) is 2. The summed E-state index contributed by atoms with van der Waals surface area (Å²) in [6.45, 7) is 3.82. The summed E-state index contributed by atoms with van der Waals surface area (Å²) in [5.41, 5.74) is 2.35. The first-order valence-corrected chi connectivity index (χ1v) is 8.30. The normalized spacial score (nSPS) is 27.9. The maximum atomic E-state index is 11.3. The van der Waals surface area contributed by atoms with E-state index >= 15 is 0 Å². The lowest BCUT2D eigenvalue weighted by Crippen LogP contribution is -2.17. The Bertz CT molecular complexity index is 595. The number of hydrogen-bond donors (Lipinski definition) is 1. The van der Waals surface area contributed by atoms with Gasteiger partial charge in [-0.05, 0) is 30.7 Å². The number of fused-ring (bicyclic) bond motifs is 3. The number of benzene rings is 1. The SMILES string of the molecule is C=CCC1C(O)CC2Oc3c(CCCC(=O)OC)cccc3C21. The fourth-order valence-corrected chi connectivity index (χ4v) is 4.01. The van der Waals surface area contributed by atoms with E-state index in [-0.39, 0.29) is 30.0 Å². The molecule has 1 aromatic carbocycles. The van der Waals surface area contributed by atoms with Gasteiger partial charge in [0.25, 0.3) is 0 Å². The Morgan fingerprint density at radius 2 is 2.35 bits per heavy atom. The van der Waals surface area contributed by atoms with Crippen LogP contribution >= 0.6 is 0 Å². The average molecular weight is 316 g/mol. The molecule has 1 N–H and O–H groups in total. The molecule has 0 aromatic heterocycles. The Hall–Kier alpha value is -1.81. The van der Waals surface area contributed by atoms with Gasteiger partial charge in [0.2, 0.25) is 0 Å². The van der Waals surface area contributed by atoms with Gasteiger partial charge in [-0.2, -0.15) is 0 Å². The minimum absolute atomic E-state index is 0.0618. The Morgan fingerprint density at radius 1 is 1.52 bits per heavy atom. The van der Waals surface area contributed by atoms with Crippen molar-refractivity contribution >= 4 is 5.97 Å². The van der Waals surface area contributed by atoms with Crippen molar-refractivity contribution in [2.75, 3.05) is 7.11 Å². The van der Waals surface area contributed by atoms with Crippen molar-refractivity contribution in [3.63, 3.8) is 0 Å². The third kappa shape index (κ3) is 3.00. The molecule has 1 aliphatic heterocycles. The molecule has 0 bridgehead atoms. The van der Waals surface area contributed by atoms with Crippen LogP contribution in [0.1, 0.15) is 42.7 Å². The van der Waals surface area contributed by atoms with E-state index in [0.29, 0.717) is 12.8 Å². The van der Waals surface area contributed by atoms with Crippen LogP contribution < -0.4 is 4.74 Å². The van der Waals surface area contributed by atoms with Crippen LogP contribution in [-0.4, -0.2) is 30.4 Å². The molecule has 1 saturated carbocycles. The summed E-state index contributed by atoms with van der Waals surface area (Å²) >= 11 is 0. The lowest BCUT2D eigenvalue weighted by molar-refractivity contribution is -0.140. The molecular weight excluding hydrogens is 292 g/mol. The first-order chi connectivity index (χ1) is 11.2. The fourth-order valence-electron chi connectivity index (χ4n) is 4.01. The second-order valence-corrected chi connectivity index (χ2v) is 6.44. The first kappa shape index (κ1) is 16.1. The van der Waals surface area contributed by atoms with Gasteiger partial charge in [-0.3, -0.25) is 4.79 Å². The zero-order chi connectivity index (χ0) is 16.4. The standard InChI is InChI=1S/C19H24O4/c1-3-6-13-15(20)11-16-18(13)14-9-4-7-12(19(14)23-16)8-5-10-17(21)22-2/h3-4,7,9,13,15-16,18,20H,1,5-6,8,10-11H2,2H3. The van der Waals surface area contributed by atoms with E-state index in [9.17, 15) is 9.90 Å². The van der Waals surface area contributed by atoms with Gasteiger partial charge in [-0.15, -0.1) is 6.58 Å². The number of allylic oxidation sites excluding steroid dienone is 1. The Kier molecular flexibility index (Phi) is 4.71. The zero-order valence-corrected chi connectivity index (χ0v) is 13.5. The summed E-state index contributed by atoms with van der Waals surface area (Å²) in [5.74, 6) is 1.22. The predicted molar refractivity (Wildman–Crippen MR) is 87.5 cm³/mol. The number of para-hydroxylation sites is 1. The molecule has 4 nitrogen and oxygen atoms in total. The molecule has 124 valence electrons. The van der Waals surface area contributed by atoms with Crippen molar-refractivity contribution in [3.8, 4) is 5.75 Å². The average Bonchev–Trinajstić information content (AvgIpc) is 3.04. The number of carbonyl (C=O) groups excluding carboxylic acids is 1. The molecule has 1 aliphatic carbocycles. The van der Waals surface area contributed by atoms with Gasteiger partial charge in [0.15, 0.2) is 0 Å². The third-order valence-electron chi connectivity index (χ3n) is 5.08. The predicted octanol–water partition coefficient (Wildman–Crippen LogP) is 2.98. The second kappa shape index (κ2) is 6.75. The second-order valence-electron chi connectivity index (χ2n) is 6.44. The van der Waals surface area contributed by atoms with Gasteiger partial charge in [0.05, 0.1) is 13.2 Å². The largest absolute Gasteiger partial charge is 0.489 e. The highest BCUT2D eigenvalue weighted by atomic mass is 16.5. The number of hydrogen-bond acceptors (Lipinski definition) is 4. The van der Waals surface area contributed by atoms with E-state index in [2.05, 4.69) is 23.4 Å². The van der Waals surface area contributed by atoms with Gasteiger partial charge in [-0.25, -0.2) is 0 Å². The van der Waals surface area contributed by atoms with Gasteiger partial charge in [-0.1, -0.05) is 24.3 Å². The number of aliphatic hydroxyl groups is 1. The number of rotatable bonds is 6. The van der Waals surface area contributed by atoms with Crippen molar-refractivity contribution in [2.24, 2.45) is 5.92 Å². The van der Waals surface area contributed by atoms with Gasteiger partial charge < -0.3 is 14.6 Å². The summed E-state index contributed by atoms with van der Waals surface area (Å²) < 4.78 is 10.9. The number of esters is 1. The molecular formula is C19H24O4. The Morgan fingerprint density at radius 3 is 3.09 bits per heavy atom. The number of aliphatic hydroxyl groups excluding tert-OH is 1. The molecule has 4 unspecified atom stereocenters. The maximum Gasteiger partial charge on any atom is 0.305 e. The molecule has 3 rings (SSSR count). The fraction of sp³-hybridized carbons (Fsp3) is 0.526. The summed E-state index contributed by atoms with van der Waals surface area (Å²) in [4.78, 5) is 11.3. The van der Waals surface area contributed by atoms with Crippen LogP contribution in [0.15, 0.2) is 30.9 Å². The zero-order valence-electron chi connectivity index (χ0n) is 13.5. The molecule has 2 aliphatic rings. The van der Waals surface area contributed by atoms with E-state index in [1.165, 1.54) is 12.7 Å². The van der Waals surface area contributed by atoms with Crippen molar-refractivity contribution < 1.29 is 19.4 Å². The van der Waals surface area contributed by atoms with E-state index in [4.69, 9.17) is 4.74 Å². The summed E-state index contributed by atoms with van der Waals surface area (Å²) in [6.07, 6.45) is 5.08. The van der Waals surface area contributed by atoms with Crippen LogP contribution in [0, 0.1) is 5.92 Å². The van der Waals surface area contributed by atoms with Crippen molar-refractivity contribution in [1.29, 1.82) is 0 Å². The van der Waals surface area contributed by atoms with Crippen LogP contribution in [0.4, 0.5) is 0 Å². The molecule has 1 aromatic rings. The van der Waals surface area contributed by atoms with Crippen molar-refractivity contribution in [3.05, 3.63) is 42.0 Å². The van der Waals surface area contributed by atoms with Crippen molar-refractivity contribution in [2.45, 2.75) is 50.2 Å². The first-order valence-electron chi connectivity index (χ1n) is 8.30. The van der Waals surface area contributed by atoms with Gasteiger partial charge >= 0.3 is 5.97 Å². The van der Waals surface area contributed by atoms with Gasteiger partial charge in [0, 0.05) is 24.3 Å². The monoisotopic (exact) mass is 316 g/mol. The van der Waals surface area contributed by atoms with E-state index < -0.39 is 0 Å². The van der Waals surface area contributed by atoms with Crippen LogP contribution in [0.2, 0.25) is 0 Å². The highest BCUT2D eigenvalue weighted by molar-refractivity contribution is 5.69. The molecule has 0 saturated heterocycles. The molecule has 1 heterocycles. The van der Waals surface area contributed by atoms with E-state index in [0.717, 1.165) is 30.6 Å². The Balaban J connectivity index is 1.77. The third-order valence-corrected chi connectivity index (χ3v) is 5.08. The van der Waals surface area contributed by atoms with E-state index in [1.807, 2.05) is 12.1 Å². The summed E-state index contributed by atoms with van der Waals surface area (Å²) in [7, 11) is 1.41. The van der Waals surface area contributed by atoms with Crippen molar-refractivity contribution in [1.82, 2.24) is 0 Å².